The Labute approximate surface area is 139 Å². The van der Waals surface area contributed by atoms with Crippen LogP contribution in [0.1, 0.15) is 42.3 Å². The van der Waals surface area contributed by atoms with Gasteiger partial charge in [0.15, 0.2) is 0 Å². The Kier molecular flexibility index (Phi) is 4.44. The van der Waals surface area contributed by atoms with Gasteiger partial charge in [0.2, 0.25) is 10.0 Å². The number of hydrogen-bond donors (Lipinski definition) is 0. The van der Waals surface area contributed by atoms with E-state index in [-0.39, 0.29) is 16.6 Å². The second-order valence-electron chi connectivity index (χ2n) is 5.95. The molecule has 2 heterocycles. The molecule has 3 rings (SSSR count). The molecule has 0 radical (unpaired) electrons. The zero-order valence-corrected chi connectivity index (χ0v) is 14.3. The van der Waals surface area contributed by atoms with E-state index in [4.69, 9.17) is 0 Å². The van der Waals surface area contributed by atoms with Crippen molar-refractivity contribution in [2.24, 2.45) is 0 Å². The maximum atomic E-state index is 13.0. The summed E-state index contributed by atoms with van der Waals surface area (Å²) in [6, 6.07) is 7.38. The molecule has 2 aromatic rings. The van der Waals surface area contributed by atoms with Crippen molar-refractivity contribution in [2.45, 2.75) is 44.2 Å². The molecule has 0 amide bonds. The topological polar surface area (TPSA) is 55.2 Å². The van der Waals surface area contributed by atoms with Gasteiger partial charge in [-0.1, -0.05) is 24.3 Å². The molecule has 0 N–H and O–H groups in total. The van der Waals surface area contributed by atoms with Crippen molar-refractivity contribution >= 4 is 10.0 Å². The van der Waals surface area contributed by atoms with Crippen molar-refractivity contribution < 1.29 is 17.2 Å². The number of nitrogens with zero attached hydrogens (tertiary/aromatic N) is 3. The van der Waals surface area contributed by atoms with Gasteiger partial charge in [0, 0.05) is 6.54 Å². The summed E-state index contributed by atoms with van der Waals surface area (Å²) in [7, 11) is -3.88. The van der Waals surface area contributed by atoms with E-state index in [1.165, 1.54) is 11.2 Å². The van der Waals surface area contributed by atoms with Gasteiger partial charge in [0.1, 0.15) is 4.90 Å². The maximum Gasteiger partial charge on any atom is 0.333 e. The van der Waals surface area contributed by atoms with E-state index in [1.54, 1.807) is 0 Å². The molecule has 0 spiro atoms. The van der Waals surface area contributed by atoms with E-state index in [0.29, 0.717) is 17.6 Å². The highest BCUT2D eigenvalue weighted by atomic mass is 32.2. The lowest BCUT2D eigenvalue weighted by atomic mass is 10.0. The summed E-state index contributed by atoms with van der Waals surface area (Å²) in [4.78, 5) is -0.150. The standard InChI is InChI=1S/C16H19F2N3O2S/c1-11-6-3-4-7-13(11)14-8-5-9-20(14)24(22,23)15-10-19-21(12(15)2)16(17)18/h3-4,6-7,10,14,16H,5,8-9H2,1-2H3/t14-/m1/s1. The fraction of sp³-hybridized carbons (Fsp3) is 0.438. The maximum absolute atomic E-state index is 13.0. The molecule has 1 aliphatic heterocycles. The van der Waals surface area contributed by atoms with Gasteiger partial charge in [-0.3, -0.25) is 0 Å². The summed E-state index contributed by atoms with van der Waals surface area (Å²) in [5.41, 5.74) is 1.93. The van der Waals surface area contributed by atoms with Crippen LogP contribution >= 0.6 is 0 Å². The molecule has 8 heteroatoms. The number of sulfonamides is 1. The Balaban J connectivity index is 2.02. The highest BCUT2D eigenvalue weighted by Crippen LogP contribution is 2.38. The molecule has 0 saturated carbocycles. The van der Waals surface area contributed by atoms with E-state index >= 15 is 0 Å². The van der Waals surface area contributed by atoms with Crippen LogP contribution in [0.15, 0.2) is 35.4 Å². The van der Waals surface area contributed by atoms with E-state index in [0.717, 1.165) is 23.7 Å². The first kappa shape index (κ1) is 17.0. The van der Waals surface area contributed by atoms with Gasteiger partial charge in [-0.15, -0.1) is 0 Å². The SMILES string of the molecule is Cc1ccccc1[C@H]1CCCN1S(=O)(=O)c1cnn(C(F)F)c1C. The van der Waals surface area contributed by atoms with Crippen LogP contribution in [-0.2, 0) is 10.0 Å². The monoisotopic (exact) mass is 355 g/mol. The van der Waals surface area contributed by atoms with Gasteiger partial charge in [-0.2, -0.15) is 18.2 Å². The number of benzene rings is 1. The van der Waals surface area contributed by atoms with E-state index in [9.17, 15) is 17.2 Å². The van der Waals surface area contributed by atoms with Crippen molar-refractivity contribution in [1.82, 2.24) is 14.1 Å². The van der Waals surface area contributed by atoms with Gasteiger partial charge >= 0.3 is 6.55 Å². The van der Waals surface area contributed by atoms with Crippen molar-refractivity contribution in [1.29, 1.82) is 0 Å². The van der Waals surface area contributed by atoms with Gasteiger partial charge in [0.25, 0.3) is 0 Å². The number of alkyl halides is 2. The quantitative estimate of drug-likeness (QED) is 0.844. The molecule has 1 aromatic carbocycles. The van der Waals surface area contributed by atoms with Crippen molar-refractivity contribution in [2.75, 3.05) is 6.54 Å². The first-order valence-electron chi connectivity index (χ1n) is 7.73. The minimum absolute atomic E-state index is 0.0413. The summed E-state index contributed by atoms with van der Waals surface area (Å²) < 4.78 is 53.7. The van der Waals surface area contributed by atoms with E-state index in [1.807, 2.05) is 31.2 Å². The molecule has 130 valence electrons. The van der Waals surface area contributed by atoms with Crippen molar-refractivity contribution in [3.05, 3.63) is 47.3 Å². The Hall–Kier alpha value is -1.80. The fourth-order valence-electron chi connectivity index (χ4n) is 3.28. The van der Waals surface area contributed by atoms with Gasteiger partial charge in [-0.05, 0) is 37.8 Å². The first-order chi connectivity index (χ1) is 11.3. The largest absolute Gasteiger partial charge is 0.333 e. The van der Waals surface area contributed by atoms with Crippen LogP contribution in [0.5, 0.6) is 0 Å². The molecule has 1 aliphatic rings. The minimum atomic E-state index is -3.88. The second-order valence-corrected chi connectivity index (χ2v) is 7.81. The number of aromatic nitrogens is 2. The summed E-state index contributed by atoms with van der Waals surface area (Å²) in [5, 5.41) is 3.53. The van der Waals surface area contributed by atoms with Crippen LogP contribution in [0.3, 0.4) is 0 Å². The molecule has 1 fully saturated rings. The summed E-state index contributed by atoms with van der Waals surface area (Å²) in [5.74, 6) is 0. The lowest BCUT2D eigenvalue weighted by molar-refractivity contribution is 0.0541. The molecule has 1 saturated heterocycles. The molecule has 5 nitrogen and oxygen atoms in total. The first-order valence-corrected chi connectivity index (χ1v) is 9.17. The molecular weight excluding hydrogens is 336 g/mol. The van der Waals surface area contributed by atoms with Crippen LogP contribution in [0.2, 0.25) is 0 Å². The zero-order valence-electron chi connectivity index (χ0n) is 13.5. The Morgan fingerprint density at radius 1 is 1.25 bits per heavy atom. The third kappa shape index (κ3) is 2.73. The van der Waals surface area contributed by atoms with Crippen LogP contribution in [0.25, 0.3) is 0 Å². The lowest BCUT2D eigenvalue weighted by Gasteiger charge is -2.25. The predicted octanol–water partition coefficient (Wildman–Crippen LogP) is 3.42. The normalized spacial score (nSPS) is 19.3. The highest BCUT2D eigenvalue weighted by molar-refractivity contribution is 7.89. The van der Waals surface area contributed by atoms with Crippen molar-refractivity contribution in [3.63, 3.8) is 0 Å². The summed E-state index contributed by atoms with van der Waals surface area (Å²) in [6.45, 7) is 0.809. The smallest absolute Gasteiger partial charge is 0.207 e. The Morgan fingerprint density at radius 3 is 2.58 bits per heavy atom. The third-order valence-electron chi connectivity index (χ3n) is 4.52. The summed E-state index contributed by atoms with van der Waals surface area (Å²) in [6.07, 6.45) is 2.47. The number of hydrogen-bond acceptors (Lipinski definition) is 3. The highest BCUT2D eigenvalue weighted by Gasteiger charge is 2.38. The number of halogens is 2. The van der Waals surface area contributed by atoms with Gasteiger partial charge < -0.3 is 0 Å². The number of aryl methyl sites for hydroxylation is 1. The van der Waals surface area contributed by atoms with E-state index < -0.39 is 16.6 Å². The van der Waals surface area contributed by atoms with Crippen molar-refractivity contribution in [3.8, 4) is 0 Å². The molecule has 1 atom stereocenters. The second kappa shape index (κ2) is 6.25. The molecule has 0 unspecified atom stereocenters. The molecular formula is C16H19F2N3O2S. The summed E-state index contributed by atoms with van der Waals surface area (Å²) >= 11 is 0. The average molecular weight is 355 g/mol. The fourth-order valence-corrected chi connectivity index (χ4v) is 5.11. The average Bonchev–Trinajstić information content (AvgIpc) is 3.14. The van der Waals surface area contributed by atoms with Crippen LogP contribution in [0, 0.1) is 13.8 Å². The van der Waals surface area contributed by atoms with E-state index in [2.05, 4.69) is 5.10 Å². The van der Waals surface area contributed by atoms with Crippen LogP contribution in [0.4, 0.5) is 8.78 Å². The van der Waals surface area contributed by atoms with Crippen LogP contribution < -0.4 is 0 Å². The lowest BCUT2D eigenvalue weighted by Crippen LogP contribution is -2.31. The number of rotatable bonds is 4. The molecule has 0 aliphatic carbocycles. The third-order valence-corrected chi connectivity index (χ3v) is 6.53. The predicted molar refractivity (Wildman–Crippen MR) is 85.3 cm³/mol. The van der Waals surface area contributed by atoms with Gasteiger partial charge in [0.05, 0.1) is 17.9 Å². The van der Waals surface area contributed by atoms with Gasteiger partial charge in [-0.25, -0.2) is 13.1 Å². The zero-order chi connectivity index (χ0) is 17.5. The van der Waals surface area contributed by atoms with Crippen LogP contribution in [-0.4, -0.2) is 29.0 Å². The molecule has 24 heavy (non-hydrogen) atoms. The Bertz CT molecular complexity index is 849. The Morgan fingerprint density at radius 2 is 1.96 bits per heavy atom. The molecule has 1 aromatic heterocycles. The molecule has 0 bridgehead atoms. The minimum Gasteiger partial charge on any atom is -0.207 e.